The zero-order chi connectivity index (χ0) is 14.1. The highest BCUT2D eigenvalue weighted by Gasteiger charge is 2.34. The van der Waals surface area contributed by atoms with Gasteiger partial charge in [0.1, 0.15) is 11.6 Å². The summed E-state index contributed by atoms with van der Waals surface area (Å²) in [5, 5.41) is 3.66. The number of carbonyl (C=O) groups excluding carboxylic acids is 1. The van der Waals surface area contributed by atoms with Crippen molar-refractivity contribution in [3.05, 3.63) is 34.6 Å². The first kappa shape index (κ1) is 14.0. The topological polar surface area (TPSA) is 29.1 Å². The molecule has 0 radical (unpaired) electrons. The SMILES string of the molecule is O=C(Cc1cccc(Cl)c1F)CC1CC2CCC(C1)N2. The minimum atomic E-state index is -0.451. The molecule has 2 heterocycles. The van der Waals surface area contributed by atoms with Gasteiger partial charge in [0.15, 0.2) is 0 Å². The molecule has 4 heteroatoms. The Morgan fingerprint density at radius 2 is 2.00 bits per heavy atom. The van der Waals surface area contributed by atoms with Crippen LogP contribution >= 0.6 is 11.6 Å². The van der Waals surface area contributed by atoms with Crippen molar-refractivity contribution in [3.63, 3.8) is 0 Å². The second kappa shape index (κ2) is 5.82. The Labute approximate surface area is 123 Å². The second-order valence-corrected chi connectivity index (χ2v) is 6.52. The van der Waals surface area contributed by atoms with Crippen molar-refractivity contribution in [1.82, 2.24) is 5.32 Å². The molecule has 2 nitrogen and oxygen atoms in total. The van der Waals surface area contributed by atoms with Crippen LogP contribution in [0.5, 0.6) is 0 Å². The summed E-state index contributed by atoms with van der Waals surface area (Å²) in [5.74, 6) is 0.133. The molecule has 2 fully saturated rings. The Bertz CT molecular complexity index is 507. The van der Waals surface area contributed by atoms with E-state index in [4.69, 9.17) is 11.6 Å². The van der Waals surface area contributed by atoms with Crippen LogP contribution in [0, 0.1) is 11.7 Å². The highest BCUT2D eigenvalue weighted by molar-refractivity contribution is 6.30. The lowest BCUT2D eigenvalue weighted by Crippen LogP contribution is -2.38. The number of benzene rings is 1. The van der Waals surface area contributed by atoms with Crippen LogP contribution in [0.15, 0.2) is 18.2 Å². The minimum Gasteiger partial charge on any atom is -0.311 e. The maximum absolute atomic E-state index is 13.8. The van der Waals surface area contributed by atoms with Gasteiger partial charge < -0.3 is 5.32 Å². The Balaban J connectivity index is 1.58. The van der Waals surface area contributed by atoms with Crippen molar-refractivity contribution in [3.8, 4) is 0 Å². The molecule has 2 bridgehead atoms. The summed E-state index contributed by atoms with van der Waals surface area (Å²) in [6.07, 6.45) is 5.36. The molecule has 0 spiro atoms. The van der Waals surface area contributed by atoms with Crippen LogP contribution in [-0.2, 0) is 11.2 Å². The van der Waals surface area contributed by atoms with Gasteiger partial charge in [-0.15, -0.1) is 0 Å². The molecule has 2 saturated heterocycles. The molecule has 2 aliphatic heterocycles. The Hall–Kier alpha value is -0.930. The third-order valence-corrected chi connectivity index (χ3v) is 4.80. The number of hydrogen-bond donors (Lipinski definition) is 1. The number of hydrogen-bond acceptors (Lipinski definition) is 2. The summed E-state index contributed by atoms with van der Waals surface area (Å²) in [5.41, 5.74) is 0.416. The summed E-state index contributed by atoms with van der Waals surface area (Å²) in [6, 6.07) is 6.03. The van der Waals surface area contributed by atoms with Crippen molar-refractivity contribution in [2.45, 2.75) is 50.6 Å². The van der Waals surface area contributed by atoms with Crippen LogP contribution < -0.4 is 5.32 Å². The third-order valence-electron chi connectivity index (χ3n) is 4.51. The van der Waals surface area contributed by atoms with E-state index in [1.807, 2.05) is 0 Å². The molecule has 3 rings (SSSR count). The first-order valence-corrected chi connectivity index (χ1v) is 7.70. The van der Waals surface area contributed by atoms with Gasteiger partial charge in [-0.2, -0.15) is 0 Å². The average Bonchev–Trinajstić information content (AvgIpc) is 2.74. The molecule has 2 atom stereocenters. The van der Waals surface area contributed by atoms with Gasteiger partial charge >= 0.3 is 0 Å². The number of carbonyl (C=O) groups is 1. The molecular formula is C16H19ClFNO. The molecule has 1 N–H and O–H groups in total. The number of ketones is 1. The largest absolute Gasteiger partial charge is 0.311 e. The number of Topliss-reactive ketones (excluding diaryl/α,β-unsaturated/α-hetero) is 1. The Morgan fingerprint density at radius 3 is 2.70 bits per heavy atom. The van der Waals surface area contributed by atoms with Crippen molar-refractivity contribution < 1.29 is 9.18 Å². The maximum atomic E-state index is 13.8. The minimum absolute atomic E-state index is 0.0928. The van der Waals surface area contributed by atoms with Crippen LogP contribution in [0.2, 0.25) is 5.02 Å². The zero-order valence-electron chi connectivity index (χ0n) is 11.4. The molecule has 108 valence electrons. The zero-order valence-corrected chi connectivity index (χ0v) is 12.1. The fraction of sp³-hybridized carbons (Fsp3) is 0.562. The number of halogens is 2. The van der Waals surface area contributed by atoms with Gasteiger partial charge in [-0.05, 0) is 43.2 Å². The fourth-order valence-electron chi connectivity index (χ4n) is 3.63. The third kappa shape index (κ3) is 3.04. The van der Waals surface area contributed by atoms with Crippen molar-refractivity contribution in [1.29, 1.82) is 0 Å². The molecule has 0 saturated carbocycles. The van der Waals surface area contributed by atoms with E-state index < -0.39 is 5.82 Å². The van der Waals surface area contributed by atoms with Crippen molar-refractivity contribution in [2.24, 2.45) is 5.92 Å². The summed E-state index contributed by atoms with van der Waals surface area (Å²) in [7, 11) is 0. The molecule has 2 aliphatic rings. The molecule has 0 aromatic heterocycles. The first-order chi connectivity index (χ1) is 9.61. The molecule has 1 aromatic rings. The van der Waals surface area contributed by atoms with E-state index in [0.717, 1.165) is 12.8 Å². The predicted octanol–water partition coefficient (Wildman–Crippen LogP) is 3.51. The Morgan fingerprint density at radius 1 is 1.30 bits per heavy atom. The second-order valence-electron chi connectivity index (χ2n) is 6.11. The lowest BCUT2D eigenvalue weighted by Gasteiger charge is -2.28. The average molecular weight is 296 g/mol. The molecule has 0 aliphatic carbocycles. The summed E-state index contributed by atoms with van der Waals surface area (Å²) < 4.78 is 13.8. The van der Waals surface area contributed by atoms with E-state index in [1.165, 1.54) is 18.9 Å². The lowest BCUT2D eigenvalue weighted by atomic mass is 9.87. The highest BCUT2D eigenvalue weighted by Crippen LogP contribution is 2.33. The predicted molar refractivity (Wildman–Crippen MR) is 77.4 cm³/mol. The molecular weight excluding hydrogens is 277 g/mol. The molecule has 20 heavy (non-hydrogen) atoms. The van der Waals surface area contributed by atoms with E-state index in [1.54, 1.807) is 12.1 Å². The van der Waals surface area contributed by atoms with Crippen LogP contribution in [0.1, 0.15) is 37.7 Å². The number of nitrogens with one attached hydrogen (secondary N) is 1. The van der Waals surface area contributed by atoms with Crippen LogP contribution in [0.3, 0.4) is 0 Å². The fourth-order valence-corrected chi connectivity index (χ4v) is 3.83. The lowest BCUT2D eigenvalue weighted by molar-refractivity contribution is -0.119. The van der Waals surface area contributed by atoms with Crippen molar-refractivity contribution >= 4 is 17.4 Å². The van der Waals surface area contributed by atoms with Gasteiger partial charge in [-0.1, -0.05) is 23.7 Å². The van der Waals surface area contributed by atoms with Gasteiger partial charge in [0.25, 0.3) is 0 Å². The van der Waals surface area contributed by atoms with Gasteiger partial charge in [0, 0.05) is 24.9 Å². The van der Waals surface area contributed by atoms with E-state index in [-0.39, 0.29) is 17.2 Å². The summed E-state index contributed by atoms with van der Waals surface area (Å²) in [6.45, 7) is 0. The van der Waals surface area contributed by atoms with E-state index in [9.17, 15) is 9.18 Å². The van der Waals surface area contributed by atoms with Gasteiger partial charge in [-0.25, -0.2) is 4.39 Å². The smallest absolute Gasteiger partial charge is 0.145 e. The molecule has 0 amide bonds. The van der Waals surface area contributed by atoms with Crippen LogP contribution in [0.4, 0.5) is 4.39 Å². The normalized spacial score (nSPS) is 28.6. The summed E-state index contributed by atoms with van der Waals surface area (Å²) >= 11 is 5.74. The van der Waals surface area contributed by atoms with Gasteiger partial charge in [0.2, 0.25) is 0 Å². The molecule has 2 unspecified atom stereocenters. The standard InChI is InChI=1S/C16H19ClFNO/c17-15-3-1-2-11(16(15)18)9-14(20)8-10-6-12-4-5-13(7-10)19-12/h1-3,10,12-13,19H,4-9H2. The number of fused-ring (bicyclic) bond motifs is 2. The van der Waals surface area contributed by atoms with Crippen LogP contribution in [-0.4, -0.2) is 17.9 Å². The highest BCUT2D eigenvalue weighted by atomic mass is 35.5. The van der Waals surface area contributed by atoms with E-state index in [0.29, 0.717) is 30.0 Å². The van der Waals surface area contributed by atoms with Gasteiger partial charge in [-0.3, -0.25) is 4.79 Å². The van der Waals surface area contributed by atoms with E-state index >= 15 is 0 Å². The van der Waals surface area contributed by atoms with E-state index in [2.05, 4.69) is 5.32 Å². The molecule has 1 aromatic carbocycles. The number of rotatable bonds is 4. The van der Waals surface area contributed by atoms with Gasteiger partial charge in [0.05, 0.1) is 5.02 Å². The summed E-state index contributed by atoms with van der Waals surface area (Å²) in [4.78, 5) is 12.1. The quantitative estimate of drug-likeness (QED) is 0.921. The first-order valence-electron chi connectivity index (χ1n) is 7.32. The maximum Gasteiger partial charge on any atom is 0.145 e. The number of piperidine rings is 1. The van der Waals surface area contributed by atoms with Crippen molar-refractivity contribution in [2.75, 3.05) is 0 Å². The monoisotopic (exact) mass is 295 g/mol. The van der Waals surface area contributed by atoms with Crippen LogP contribution in [0.25, 0.3) is 0 Å². The Kier molecular flexibility index (Phi) is 4.08.